The van der Waals surface area contributed by atoms with E-state index in [1.807, 2.05) is 53.1 Å². The van der Waals surface area contributed by atoms with Crippen LogP contribution in [0, 0.1) is 0 Å². The minimum absolute atomic E-state index is 0.621. The standard InChI is InChI=1S/C14H11ClN2O/c1-18-11-7-5-10(6-8-11)13-14(15)17-9-3-2-4-12(17)16-13/h2-9H,1H3. The molecule has 0 bridgehead atoms. The van der Waals surface area contributed by atoms with Gasteiger partial charge in [-0.1, -0.05) is 17.7 Å². The minimum atomic E-state index is 0.621. The van der Waals surface area contributed by atoms with Crippen molar-refractivity contribution in [2.75, 3.05) is 7.11 Å². The molecule has 1 aromatic carbocycles. The molecule has 18 heavy (non-hydrogen) atoms. The van der Waals surface area contributed by atoms with Gasteiger partial charge in [0.15, 0.2) is 0 Å². The summed E-state index contributed by atoms with van der Waals surface area (Å²) in [5.74, 6) is 0.818. The van der Waals surface area contributed by atoms with Crippen molar-refractivity contribution in [1.29, 1.82) is 0 Å². The van der Waals surface area contributed by atoms with Gasteiger partial charge in [0.05, 0.1) is 7.11 Å². The first kappa shape index (κ1) is 11.1. The van der Waals surface area contributed by atoms with Crippen molar-refractivity contribution in [3.05, 3.63) is 53.8 Å². The number of benzene rings is 1. The summed E-state index contributed by atoms with van der Waals surface area (Å²) < 4.78 is 7.00. The molecule has 0 aliphatic heterocycles. The van der Waals surface area contributed by atoms with Gasteiger partial charge in [0, 0.05) is 11.8 Å². The van der Waals surface area contributed by atoms with Crippen LogP contribution in [0.5, 0.6) is 5.75 Å². The van der Waals surface area contributed by atoms with Crippen molar-refractivity contribution < 1.29 is 4.74 Å². The van der Waals surface area contributed by atoms with Crippen LogP contribution >= 0.6 is 11.6 Å². The fourth-order valence-electron chi connectivity index (χ4n) is 1.90. The van der Waals surface area contributed by atoms with Gasteiger partial charge in [-0.15, -0.1) is 0 Å². The van der Waals surface area contributed by atoms with Crippen LogP contribution < -0.4 is 4.74 Å². The van der Waals surface area contributed by atoms with Crippen LogP contribution in [0.2, 0.25) is 5.15 Å². The number of methoxy groups -OCH3 is 1. The number of aromatic nitrogens is 2. The number of pyridine rings is 1. The van der Waals surface area contributed by atoms with Crippen molar-refractivity contribution in [3.8, 4) is 17.0 Å². The van der Waals surface area contributed by atoms with E-state index in [-0.39, 0.29) is 0 Å². The molecule has 0 atom stereocenters. The molecule has 0 aliphatic rings. The van der Waals surface area contributed by atoms with E-state index in [1.54, 1.807) is 7.11 Å². The molecule has 4 heteroatoms. The number of hydrogen-bond donors (Lipinski definition) is 0. The summed E-state index contributed by atoms with van der Waals surface area (Å²) in [7, 11) is 1.65. The third-order valence-electron chi connectivity index (χ3n) is 2.84. The summed E-state index contributed by atoms with van der Waals surface area (Å²) in [6.45, 7) is 0. The van der Waals surface area contributed by atoms with Crippen molar-refractivity contribution in [2.24, 2.45) is 0 Å². The van der Waals surface area contributed by atoms with Crippen LogP contribution in [0.1, 0.15) is 0 Å². The number of halogens is 1. The molecule has 2 heterocycles. The van der Waals surface area contributed by atoms with Crippen molar-refractivity contribution >= 4 is 17.2 Å². The van der Waals surface area contributed by atoms with Gasteiger partial charge >= 0.3 is 0 Å². The highest BCUT2D eigenvalue weighted by atomic mass is 35.5. The first-order valence-electron chi connectivity index (χ1n) is 5.56. The van der Waals surface area contributed by atoms with Gasteiger partial charge in [0.1, 0.15) is 22.2 Å². The van der Waals surface area contributed by atoms with Gasteiger partial charge in [-0.05, 0) is 36.4 Å². The molecule has 3 aromatic rings. The average Bonchev–Trinajstić information content (AvgIpc) is 2.77. The van der Waals surface area contributed by atoms with Crippen LogP contribution in [-0.4, -0.2) is 16.5 Å². The summed E-state index contributed by atoms with van der Waals surface area (Å²) in [6, 6.07) is 13.5. The Morgan fingerprint density at radius 2 is 1.89 bits per heavy atom. The SMILES string of the molecule is COc1ccc(-c2nc3ccccn3c2Cl)cc1. The monoisotopic (exact) mass is 258 g/mol. The second kappa shape index (κ2) is 4.35. The highest BCUT2D eigenvalue weighted by Gasteiger charge is 2.11. The van der Waals surface area contributed by atoms with Crippen LogP contribution in [0.4, 0.5) is 0 Å². The number of fused-ring (bicyclic) bond motifs is 1. The maximum Gasteiger partial charge on any atom is 0.141 e. The summed E-state index contributed by atoms with van der Waals surface area (Å²) in [5.41, 5.74) is 2.60. The molecule has 0 N–H and O–H groups in total. The van der Waals surface area contributed by atoms with Crippen LogP contribution in [0.15, 0.2) is 48.7 Å². The Hall–Kier alpha value is -2.00. The minimum Gasteiger partial charge on any atom is -0.497 e. The Balaban J connectivity index is 2.15. The smallest absolute Gasteiger partial charge is 0.141 e. The molecular formula is C14H11ClN2O. The van der Waals surface area contributed by atoms with Gasteiger partial charge in [-0.25, -0.2) is 4.98 Å². The zero-order chi connectivity index (χ0) is 12.5. The quantitative estimate of drug-likeness (QED) is 0.701. The molecule has 90 valence electrons. The van der Waals surface area contributed by atoms with E-state index in [9.17, 15) is 0 Å². The molecule has 0 aliphatic carbocycles. The van der Waals surface area contributed by atoms with E-state index in [0.717, 1.165) is 22.7 Å². The number of ether oxygens (including phenoxy) is 1. The molecule has 3 nitrogen and oxygen atoms in total. The number of hydrogen-bond acceptors (Lipinski definition) is 2. The largest absolute Gasteiger partial charge is 0.497 e. The Kier molecular flexibility index (Phi) is 2.68. The first-order valence-corrected chi connectivity index (χ1v) is 5.94. The Labute approximate surface area is 110 Å². The summed E-state index contributed by atoms with van der Waals surface area (Å²) in [6.07, 6.45) is 1.90. The number of imidazole rings is 1. The molecule has 0 radical (unpaired) electrons. The lowest BCUT2D eigenvalue weighted by Gasteiger charge is -2.01. The number of rotatable bonds is 2. The first-order chi connectivity index (χ1) is 8.79. The highest BCUT2D eigenvalue weighted by Crippen LogP contribution is 2.29. The predicted molar refractivity (Wildman–Crippen MR) is 72.2 cm³/mol. The normalized spacial score (nSPS) is 10.8. The fourth-order valence-corrected chi connectivity index (χ4v) is 2.19. The number of nitrogens with zero attached hydrogens (tertiary/aromatic N) is 2. The van der Waals surface area contributed by atoms with Crippen LogP contribution in [-0.2, 0) is 0 Å². The third-order valence-corrected chi connectivity index (χ3v) is 3.20. The summed E-state index contributed by atoms with van der Waals surface area (Å²) in [5, 5.41) is 0.621. The second-order valence-corrected chi connectivity index (χ2v) is 4.27. The Morgan fingerprint density at radius 1 is 1.11 bits per heavy atom. The second-order valence-electron chi connectivity index (χ2n) is 3.91. The fraction of sp³-hybridized carbons (Fsp3) is 0.0714. The lowest BCUT2D eigenvalue weighted by Crippen LogP contribution is -1.83. The van der Waals surface area contributed by atoms with Crippen molar-refractivity contribution in [3.63, 3.8) is 0 Å². The van der Waals surface area contributed by atoms with E-state index in [2.05, 4.69) is 4.98 Å². The molecule has 0 spiro atoms. The van der Waals surface area contributed by atoms with Crippen LogP contribution in [0.25, 0.3) is 16.9 Å². The molecule has 0 fully saturated rings. The van der Waals surface area contributed by atoms with E-state index in [4.69, 9.17) is 16.3 Å². The maximum absolute atomic E-state index is 6.33. The van der Waals surface area contributed by atoms with Gasteiger partial charge in [-0.3, -0.25) is 4.40 Å². The Morgan fingerprint density at radius 3 is 2.56 bits per heavy atom. The molecule has 0 saturated carbocycles. The zero-order valence-electron chi connectivity index (χ0n) is 9.80. The lowest BCUT2D eigenvalue weighted by molar-refractivity contribution is 0.415. The molecular weight excluding hydrogens is 248 g/mol. The Bertz CT molecular complexity index is 689. The third kappa shape index (κ3) is 1.73. The average molecular weight is 259 g/mol. The van der Waals surface area contributed by atoms with Crippen LogP contribution in [0.3, 0.4) is 0 Å². The molecule has 0 amide bonds. The van der Waals surface area contributed by atoms with Gasteiger partial charge < -0.3 is 4.74 Å². The summed E-state index contributed by atoms with van der Waals surface area (Å²) >= 11 is 6.33. The molecule has 0 saturated heterocycles. The zero-order valence-corrected chi connectivity index (χ0v) is 10.6. The van der Waals surface area contributed by atoms with Crippen molar-refractivity contribution in [1.82, 2.24) is 9.38 Å². The highest BCUT2D eigenvalue weighted by molar-refractivity contribution is 6.32. The molecule has 2 aromatic heterocycles. The maximum atomic E-state index is 6.33. The van der Waals surface area contributed by atoms with E-state index < -0.39 is 0 Å². The van der Waals surface area contributed by atoms with E-state index in [1.165, 1.54) is 0 Å². The summed E-state index contributed by atoms with van der Waals surface area (Å²) in [4.78, 5) is 4.53. The van der Waals surface area contributed by atoms with Gasteiger partial charge in [-0.2, -0.15) is 0 Å². The topological polar surface area (TPSA) is 26.5 Å². The molecule has 3 rings (SSSR count). The van der Waals surface area contributed by atoms with E-state index >= 15 is 0 Å². The van der Waals surface area contributed by atoms with Gasteiger partial charge in [0.2, 0.25) is 0 Å². The van der Waals surface area contributed by atoms with Gasteiger partial charge in [0.25, 0.3) is 0 Å². The van der Waals surface area contributed by atoms with Crippen molar-refractivity contribution in [2.45, 2.75) is 0 Å². The predicted octanol–water partition coefficient (Wildman–Crippen LogP) is 3.66. The lowest BCUT2D eigenvalue weighted by atomic mass is 10.1. The van der Waals surface area contributed by atoms with E-state index in [0.29, 0.717) is 5.15 Å². The molecule has 0 unspecified atom stereocenters.